The van der Waals surface area contributed by atoms with Gasteiger partial charge in [-0.2, -0.15) is 0 Å². The molecule has 20 heavy (non-hydrogen) atoms. The van der Waals surface area contributed by atoms with Crippen molar-refractivity contribution in [2.45, 2.75) is 38.8 Å². The van der Waals surface area contributed by atoms with E-state index in [4.69, 9.17) is 9.84 Å². The molecule has 0 aliphatic rings. The summed E-state index contributed by atoms with van der Waals surface area (Å²) in [5, 5.41) is 11.6. The molecular formula is C15H21NO4. The Kier molecular flexibility index (Phi) is 6.73. The van der Waals surface area contributed by atoms with Crippen LogP contribution in [-0.2, 0) is 16.1 Å². The molecule has 0 aromatic heterocycles. The van der Waals surface area contributed by atoms with Crippen LogP contribution in [0.15, 0.2) is 24.3 Å². The summed E-state index contributed by atoms with van der Waals surface area (Å²) in [5.74, 6) is -1.15. The van der Waals surface area contributed by atoms with Crippen LogP contribution in [0.2, 0.25) is 0 Å². The number of amides is 1. The number of nitrogens with one attached hydrogen (secondary N) is 1. The van der Waals surface area contributed by atoms with Gasteiger partial charge in [0.15, 0.2) is 0 Å². The van der Waals surface area contributed by atoms with Crippen LogP contribution in [0.3, 0.4) is 0 Å². The van der Waals surface area contributed by atoms with E-state index >= 15 is 0 Å². The molecule has 5 heteroatoms. The highest BCUT2D eigenvalue weighted by molar-refractivity contribution is 5.94. The number of benzene rings is 1. The Labute approximate surface area is 118 Å². The van der Waals surface area contributed by atoms with Crippen molar-refractivity contribution < 1.29 is 19.4 Å². The molecule has 110 valence electrons. The van der Waals surface area contributed by atoms with Crippen molar-refractivity contribution in [3.8, 4) is 0 Å². The summed E-state index contributed by atoms with van der Waals surface area (Å²) >= 11 is 0. The number of hydrogen-bond donors (Lipinski definition) is 2. The number of carbonyl (C=O) groups excluding carboxylic acids is 1. The lowest BCUT2D eigenvalue weighted by atomic mass is 10.1. The average molecular weight is 279 g/mol. The fraction of sp³-hybridized carbons (Fsp3) is 0.467. The maximum atomic E-state index is 12.0. The van der Waals surface area contributed by atoms with Gasteiger partial charge in [0, 0.05) is 18.7 Å². The lowest BCUT2D eigenvalue weighted by Crippen LogP contribution is -2.36. The smallest absolute Gasteiger partial charge is 0.305 e. The van der Waals surface area contributed by atoms with Crippen molar-refractivity contribution >= 4 is 11.9 Å². The molecule has 1 unspecified atom stereocenters. The minimum absolute atomic E-state index is 0.0542. The summed E-state index contributed by atoms with van der Waals surface area (Å²) in [7, 11) is 1.61. The third kappa shape index (κ3) is 5.40. The van der Waals surface area contributed by atoms with Gasteiger partial charge in [0.2, 0.25) is 0 Å². The number of ether oxygens (including phenoxy) is 1. The molecular weight excluding hydrogens is 258 g/mol. The number of aliphatic carboxylic acids is 1. The Hall–Kier alpha value is -1.88. The van der Waals surface area contributed by atoms with Gasteiger partial charge >= 0.3 is 5.97 Å². The van der Waals surface area contributed by atoms with Crippen LogP contribution in [-0.4, -0.2) is 30.1 Å². The predicted octanol–water partition coefficient (Wildman–Crippen LogP) is 2.21. The van der Waals surface area contributed by atoms with E-state index in [0.717, 1.165) is 12.0 Å². The standard InChI is InChI=1S/C15H21NO4/c1-3-4-13(9-14(17)18)16-15(19)12-7-5-11(6-8-12)10-20-2/h5-8,13H,3-4,9-10H2,1-2H3,(H,16,19)(H,17,18). The second-order valence-electron chi connectivity index (χ2n) is 4.69. The third-order valence-electron chi connectivity index (χ3n) is 2.92. The van der Waals surface area contributed by atoms with Crippen LogP contribution >= 0.6 is 0 Å². The van der Waals surface area contributed by atoms with Crippen molar-refractivity contribution in [1.82, 2.24) is 5.32 Å². The number of carbonyl (C=O) groups is 2. The van der Waals surface area contributed by atoms with Gasteiger partial charge < -0.3 is 15.2 Å². The second kappa shape index (κ2) is 8.32. The van der Waals surface area contributed by atoms with E-state index in [1.807, 2.05) is 19.1 Å². The van der Waals surface area contributed by atoms with E-state index in [1.54, 1.807) is 19.2 Å². The summed E-state index contributed by atoms with van der Waals surface area (Å²) in [6, 6.07) is 6.75. The number of carboxylic acids is 1. The zero-order valence-corrected chi connectivity index (χ0v) is 11.9. The van der Waals surface area contributed by atoms with Gasteiger partial charge in [-0.1, -0.05) is 25.5 Å². The molecule has 0 aliphatic carbocycles. The summed E-state index contributed by atoms with van der Waals surface area (Å²) in [5.41, 5.74) is 1.51. The topological polar surface area (TPSA) is 75.6 Å². The lowest BCUT2D eigenvalue weighted by molar-refractivity contribution is -0.137. The lowest BCUT2D eigenvalue weighted by Gasteiger charge is -2.16. The van der Waals surface area contributed by atoms with Crippen LogP contribution in [0.5, 0.6) is 0 Å². The Morgan fingerprint density at radius 2 is 1.95 bits per heavy atom. The molecule has 0 saturated carbocycles. The van der Waals surface area contributed by atoms with Gasteiger partial charge in [0.1, 0.15) is 0 Å². The molecule has 1 aromatic rings. The fourth-order valence-corrected chi connectivity index (χ4v) is 1.97. The summed E-state index contributed by atoms with van der Waals surface area (Å²) < 4.78 is 5.00. The highest BCUT2D eigenvalue weighted by Gasteiger charge is 2.16. The molecule has 0 spiro atoms. The van der Waals surface area contributed by atoms with E-state index in [0.29, 0.717) is 18.6 Å². The predicted molar refractivity (Wildman–Crippen MR) is 75.6 cm³/mol. The highest BCUT2D eigenvalue weighted by Crippen LogP contribution is 2.08. The third-order valence-corrected chi connectivity index (χ3v) is 2.92. The number of carboxylic acid groups (broad SMARTS) is 1. The minimum Gasteiger partial charge on any atom is -0.481 e. The molecule has 0 bridgehead atoms. The average Bonchev–Trinajstić information content (AvgIpc) is 2.39. The highest BCUT2D eigenvalue weighted by atomic mass is 16.5. The Bertz CT molecular complexity index is 442. The Morgan fingerprint density at radius 3 is 2.45 bits per heavy atom. The van der Waals surface area contributed by atoms with Gasteiger partial charge in [0.05, 0.1) is 13.0 Å². The van der Waals surface area contributed by atoms with Crippen molar-refractivity contribution in [3.05, 3.63) is 35.4 Å². The normalized spacial score (nSPS) is 11.9. The van der Waals surface area contributed by atoms with Crippen LogP contribution in [0.1, 0.15) is 42.1 Å². The largest absolute Gasteiger partial charge is 0.481 e. The van der Waals surface area contributed by atoms with Crippen molar-refractivity contribution in [1.29, 1.82) is 0 Å². The zero-order chi connectivity index (χ0) is 15.0. The first kappa shape index (κ1) is 16.2. The van der Waals surface area contributed by atoms with E-state index in [1.165, 1.54) is 0 Å². The van der Waals surface area contributed by atoms with Gasteiger partial charge in [-0.15, -0.1) is 0 Å². The summed E-state index contributed by atoms with van der Waals surface area (Å²) in [4.78, 5) is 22.8. The second-order valence-corrected chi connectivity index (χ2v) is 4.69. The van der Waals surface area contributed by atoms with E-state index in [9.17, 15) is 9.59 Å². The van der Waals surface area contributed by atoms with E-state index in [-0.39, 0.29) is 18.4 Å². The van der Waals surface area contributed by atoms with Gasteiger partial charge in [-0.05, 0) is 24.1 Å². The van der Waals surface area contributed by atoms with Gasteiger partial charge in [-0.25, -0.2) is 0 Å². The fourth-order valence-electron chi connectivity index (χ4n) is 1.97. The summed E-state index contributed by atoms with van der Waals surface area (Å²) in [6.45, 7) is 2.46. The molecule has 1 amide bonds. The van der Waals surface area contributed by atoms with Crippen molar-refractivity contribution in [3.63, 3.8) is 0 Å². The summed E-state index contributed by atoms with van der Waals surface area (Å²) in [6.07, 6.45) is 1.42. The maximum absolute atomic E-state index is 12.0. The first-order valence-corrected chi connectivity index (χ1v) is 6.67. The van der Waals surface area contributed by atoms with Crippen LogP contribution in [0, 0.1) is 0 Å². The molecule has 0 radical (unpaired) electrons. The molecule has 1 atom stereocenters. The minimum atomic E-state index is -0.904. The van der Waals surface area contributed by atoms with Crippen LogP contribution in [0.4, 0.5) is 0 Å². The molecule has 0 saturated heterocycles. The van der Waals surface area contributed by atoms with Crippen molar-refractivity contribution in [2.24, 2.45) is 0 Å². The number of rotatable bonds is 8. The molecule has 1 rings (SSSR count). The van der Waals surface area contributed by atoms with Crippen LogP contribution in [0.25, 0.3) is 0 Å². The zero-order valence-electron chi connectivity index (χ0n) is 11.9. The SMILES string of the molecule is CCCC(CC(=O)O)NC(=O)c1ccc(COC)cc1. The first-order chi connectivity index (χ1) is 9.56. The number of hydrogen-bond acceptors (Lipinski definition) is 3. The Morgan fingerprint density at radius 1 is 1.30 bits per heavy atom. The van der Waals surface area contributed by atoms with E-state index in [2.05, 4.69) is 5.32 Å². The molecule has 1 aromatic carbocycles. The molecule has 0 heterocycles. The van der Waals surface area contributed by atoms with Crippen molar-refractivity contribution in [2.75, 3.05) is 7.11 Å². The molecule has 0 fully saturated rings. The number of methoxy groups -OCH3 is 1. The molecule has 5 nitrogen and oxygen atoms in total. The van der Waals surface area contributed by atoms with E-state index < -0.39 is 5.97 Å². The first-order valence-electron chi connectivity index (χ1n) is 6.67. The van der Waals surface area contributed by atoms with Crippen LogP contribution < -0.4 is 5.32 Å². The monoisotopic (exact) mass is 279 g/mol. The Balaban J connectivity index is 2.65. The van der Waals surface area contributed by atoms with Gasteiger partial charge in [-0.3, -0.25) is 9.59 Å². The maximum Gasteiger partial charge on any atom is 0.305 e. The molecule has 2 N–H and O–H groups in total. The quantitative estimate of drug-likeness (QED) is 0.765. The van der Waals surface area contributed by atoms with Gasteiger partial charge in [0.25, 0.3) is 5.91 Å². The molecule has 0 aliphatic heterocycles.